The number of anilines is 2. The van der Waals surface area contributed by atoms with Gasteiger partial charge in [0.25, 0.3) is 0 Å². The summed E-state index contributed by atoms with van der Waals surface area (Å²) in [6.07, 6.45) is 0.485. The molecule has 0 radical (unpaired) electrons. The van der Waals surface area contributed by atoms with Crippen LogP contribution in [0.4, 0.5) is 11.4 Å². The van der Waals surface area contributed by atoms with Gasteiger partial charge in [0.2, 0.25) is 11.8 Å². The standard InChI is InChI=1S/C22H26N2O3S/c1-4-27-19-10-8-18(9-11-19)24-21(26)14-28-22(24)16-6-5-7-17(13-16)23-20(25)12-15(2)3/h5-11,13,15,22H,4,12,14H2,1-3H3,(H,23,25)/t22-/m0/s1. The Bertz CT molecular complexity index is 836. The third-order valence-electron chi connectivity index (χ3n) is 4.34. The molecule has 5 nitrogen and oxygen atoms in total. The molecule has 6 heteroatoms. The second kappa shape index (κ2) is 9.15. The highest BCUT2D eigenvalue weighted by atomic mass is 32.2. The first-order valence-corrected chi connectivity index (χ1v) is 10.6. The minimum atomic E-state index is -0.118. The Hall–Kier alpha value is -2.47. The zero-order valence-electron chi connectivity index (χ0n) is 16.5. The molecule has 0 saturated carbocycles. The van der Waals surface area contributed by atoms with Crippen molar-refractivity contribution in [3.05, 3.63) is 54.1 Å². The fourth-order valence-electron chi connectivity index (χ4n) is 3.17. The second-order valence-corrected chi connectivity index (χ2v) is 8.19. The van der Waals surface area contributed by atoms with Gasteiger partial charge in [-0.25, -0.2) is 0 Å². The summed E-state index contributed by atoms with van der Waals surface area (Å²) in [6.45, 7) is 6.59. The maximum absolute atomic E-state index is 12.6. The molecule has 1 saturated heterocycles. The van der Waals surface area contributed by atoms with Crippen LogP contribution in [0.15, 0.2) is 48.5 Å². The Labute approximate surface area is 170 Å². The van der Waals surface area contributed by atoms with Crippen LogP contribution in [0.25, 0.3) is 0 Å². The monoisotopic (exact) mass is 398 g/mol. The molecule has 1 aliphatic rings. The number of thioether (sulfide) groups is 1. The van der Waals surface area contributed by atoms with Crippen molar-refractivity contribution in [3.63, 3.8) is 0 Å². The predicted molar refractivity (Wildman–Crippen MR) is 115 cm³/mol. The van der Waals surface area contributed by atoms with Crippen LogP contribution >= 0.6 is 11.8 Å². The van der Waals surface area contributed by atoms with Gasteiger partial charge in [-0.2, -0.15) is 0 Å². The van der Waals surface area contributed by atoms with Gasteiger partial charge in [0.1, 0.15) is 11.1 Å². The van der Waals surface area contributed by atoms with Gasteiger partial charge in [0.05, 0.1) is 12.4 Å². The smallest absolute Gasteiger partial charge is 0.238 e. The number of rotatable bonds is 7. The quantitative estimate of drug-likeness (QED) is 0.724. The number of carbonyl (C=O) groups is 2. The fourth-order valence-corrected chi connectivity index (χ4v) is 4.34. The van der Waals surface area contributed by atoms with E-state index in [1.807, 2.05) is 74.2 Å². The van der Waals surface area contributed by atoms with Crippen molar-refractivity contribution in [3.8, 4) is 5.75 Å². The maximum Gasteiger partial charge on any atom is 0.238 e. The Morgan fingerprint density at radius 3 is 2.68 bits per heavy atom. The summed E-state index contributed by atoms with van der Waals surface area (Å²) >= 11 is 1.59. The fraction of sp³-hybridized carbons (Fsp3) is 0.364. The van der Waals surface area contributed by atoms with E-state index in [-0.39, 0.29) is 17.2 Å². The summed E-state index contributed by atoms with van der Waals surface area (Å²) < 4.78 is 5.49. The number of nitrogens with zero attached hydrogens (tertiary/aromatic N) is 1. The minimum absolute atomic E-state index is 0.00525. The molecule has 1 atom stereocenters. The van der Waals surface area contributed by atoms with E-state index >= 15 is 0 Å². The van der Waals surface area contributed by atoms with Crippen molar-refractivity contribution in [2.45, 2.75) is 32.6 Å². The number of hydrogen-bond acceptors (Lipinski definition) is 4. The SMILES string of the molecule is CCOc1ccc(N2C(=O)CS[C@H]2c2cccc(NC(=O)CC(C)C)c2)cc1. The van der Waals surface area contributed by atoms with Crippen LogP contribution < -0.4 is 15.0 Å². The predicted octanol–water partition coefficient (Wildman–Crippen LogP) is 4.85. The Balaban J connectivity index is 1.80. The lowest BCUT2D eigenvalue weighted by atomic mass is 10.1. The number of carbonyl (C=O) groups excluding carboxylic acids is 2. The normalized spacial score (nSPS) is 16.5. The van der Waals surface area contributed by atoms with Crippen LogP contribution in [-0.4, -0.2) is 24.2 Å². The van der Waals surface area contributed by atoms with Crippen molar-refractivity contribution in [1.29, 1.82) is 0 Å². The molecule has 1 N–H and O–H groups in total. The highest BCUT2D eigenvalue weighted by Gasteiger charge is 2.34. The van der Waals surface area contributed by atoms with Crippen LogP contribution in [0.2, 0.25) is 0 Å². The number of hydrogen-bond donors (Lipinski definition) is 1. The molecule has 0 unspecified atom stereocenters. The summed E-state index contributed by atoms with van der Waals surface area (Å²) in [6, 6.07) is 15.3. The molecule has 1 aliphatic heterocycles. The molecule has 1 fully saturated rings. The Morgan fingerprint density at radius 2 is 2.00 bits per heavy atom. The van der Waals surface area contributed by atoms with Crippen LogP contribution in [0.5, 0.6) is 5.75 Å². The molecule has 148 valence electrons. The maximum atomic E-state index is 12.6. The van der Waals surface area contributed by atoms with Crippen molar-refractivity contribution in [2.24, 2.45) is 5.92 Å². The van der Waals surface area contributed by atoms with Gasteiger partial charge in [-0.3, -0.25) is 14.5 Å². The van der Waals surface area contributed by atoms with Crippen LogP contribution in [0, 0.1) is 5.92 Å². The van der Waals surface area contributed by atoms with E-state index in [9.17, 15) is 9.59 Å². The van der Waals surface area contributed by atoms with Gasteiger partial charge >= 0.3 is 0 Å². The van der Waals surface area contributed by atoms with E-state index in [1.165, 1.54) is 0 Å². The summed E-state index contributed by atoms with van der Waals surface area (Å²) in [5.41, 5.74) is 2.60. The van der Waals surface area contributed by atoms with Gasteiger partial charge in [0.15, 0.2) is 0 Å². The summed E-state index contributed by atoms with van der Waals surface area (Å²) in [5.74, 6) is 1.61. The number of benzene rings is 2. The third-order valence-corrected chi connectivity index (χ3v) is 5.56. The van der Waals surface area contributed by atoms with Gasteiger partial charge in [-0.05, 0) is 54.8 Å². The summed E-state index contributed by atoms with van der Waals surface area (Å²) in [4.78, 5) is 26.5. The number of nitrogens with one attached hydrogen (secondary N) is 1. The van der Waals surface area contributed by atoms with Gasteiger partial charge in [0, 0.05) is 17.8 Å². The second-order valence-electron chi connectivity index (χ2n) is 7.13. The largest absolute Gasteiger partial charge is 0.494 e. The highest BCUT2D eigenvalue weighted by molar-refractivity contribution is 8.00. The van der Waals surface area contributed by atoms with E-state index in [0.717, 1.165) is 22.7 Å². The average molecular weight is 399 g/mol. The molecule has 1 heterocycles. The lowest BCUT2D eigenvalue weighted by Crippen LogP contribution is -2.27. The molecular formula is C22H26N2O3S. The van der Waals surface area contributed by atoms with E-state index in [1.54, 1.807) is 11.8 Å². The molecule has 0 aliphatic carbocycles. The Morgan fingerprint density at radius 1 is 1.25 bits per heavy atom. The lowest BCUT2D eigenvalue weighted by molar-refractivity contribution is -0.117. The van der Waals surface area contributed by atoms with E-state index in [4.69, 9.17) is 4.74 Å². The molecule has 3 rings (SSSR count). The topological polar surface area (TPSA) is 58.6 Å². The van der Waals surface area contributed by atoms with Crippen molar-refractivity contribution >= 4 is 35.0 Å². The van der Waals surface area contributed by atoms with Crippen molar-refractivity contribution in [2.75, 3.05) is 22.6 Å². The first-order valence-electron chi connectivity index (χ1n) is 9.54. The van der Waals surface area contributed by atoms with Crippen LogP contribution in [-0.2, 0) is 9.59 Å². The molecule has 2 aromatic carbocycles. The number of ether oxygens (including phenoxy) is 1. The van der Waals surface area contributed by atoms with E-state index in [0.29, 0.717) is 24.7 Å². The zero-order valence-corrected chi connectivity index (χ0v) is 17.3. The molecular weight excluding hydrogens is 372 g/mol. The first kappa shape index (κ1) is 20.3. The molecule has 2 amide bonds. The Kier molecular flexibility index (Phi) is 6.62. The van der Waals surface area contributed by atoms with E-state index in [2.05, 4.69) is 5.32 Å². The van der Waals surface area contributed by atoms with E-state index < -0.39 is 0 Å². The van der Waals surface area contributed by atoms with Gasteiger partial charge in [-0.15, -0.1) is 11.8 Å². The lowest BCUT2D eigenvalue weighted by Gasteiger charge is -2.25. The zero-order chi connectivity index (χ0) is 20.1. The van der Waals surface area contributed by atoms with Gasteiger partial charge < -0.3 is 10.1 Å². The molecule has 28 heavy (non-hydrogen) atoms. The average Bonchev–Trinajstić information content (AvgIpc) is 3.04. The van der Waals surface area contributed by atoms with Crippen LogP contribution in [0.3, 0.4) is 0 Å². The number of amides is 2. The van der Waals surface area contributed by atoms with Gasteiger partial charge in [-0.1, -0.05) is 26.0 Å². The molecule has 0 aromatic heterocycles. The molecule has 0 bridgehead atoms. The van der Waals surface area contributed by atoms with Crippen molar-refractivity contribution < 1.29 is 14.3 Å². The highest BCUT2D eigenvalue weighted by Crippen LogP contribution is 2.42. The first-order chi connectivity index (χ1) is 13.5. The van der Waals surface area contributed by atoms with Crippen LogP contribution in [0.1, 0.15) is 38.1 Å². The summed E-state index contributed by atoms with van der Waals surface area (Å²) in [5, 5.41) is 2.84. The molecule has 2 aromatic rings. The molecule has 0 spiro atoms. The minimum Gasteiger partial charge on any atom is -0.494 e. The third kappa shape index (κ3) is 4.87. The van der Waals surface area contributed by atoms with Crippen molar-refractivity contribution in [1.82, 2.24) is 0 Å². The summed E-state index contributed by atoms with van der Waals surface area (Å²) in [7, 11) is 0.